The lowest BCUT2D eigenvalue weighted by Gasteiger charge is -2.36. The third-order valence-electron chi connectivity index (χ3n) is 3.86. The van der Waals surface area contributed by atoms with Crippen LogP contribution >= 0.6 is 11.3 Å². The van der Waals surface area contributed by atoms with Gasteiger partial charge in [-0.25, -0.2) is 4.79 Å². The lowest BCUT2D eigenvalue weighted by atomic mass is 9.88. The molecule has 0 spiro atoms. The molecule has 1 aromatic rings. The molecule has 0 aromatic carbocycles. The van der Waals surface area contributed by atoms with Crippen LogP contribution in [-0.4, -0.2) is 40.1 Å². The molecule has 1 atom stereocenters. The second-order valence-electron chi connectivity index (χ2n) is 5.46. The maximum Gasteiger partial charge on any atom is 0.394 e. The quantitative estimate of drug-likeness (QED) is 0.909. The van der Waals surface area contributed by atoms with Gasteiger partial charge in [-0.2, -0.15) is 13.2 Å². The number of hydrogen-bond donors (Lipinski definition) is 1. The van der Waals surface area contributed by atoms with Crippen LogP contribution in [0.4, 0.5) is 13.2 Å². The first-order valence-corrected chi connectivity index (χ1v) is 7.08. The predicted octanol–water partition coefficient (Wildman–Crippen LogP) is 3.25. The first-order valence-electron chi connectivity index (χ1n) is 6.27. The third-order valence-corrected chi connectivity index (χ3v) is 4.92. The van der Waals surface area contributed by atoms with Crippen LogP contribution in [0, 0.1) is 5.92 Å². The van der Waals surface area contributed by atoms with Crippen molar-refractivity contribution in [2.75, 3.05) is 6.54 Å². The van der Waals surface area contributed by atoms with Crippen LogP contribution < -0.4 is 0 Å². The molecule has 1 saturated heterocycles. The number of carbonyl (C=O) groups excluding carboxylic acids is 1. The number of rotatable bonds is 2. The molecule has 8 heteroatoms. The average Bonchev–Trinajstić information content (AvgIpc) is 2.90. The molecular weight excluding hydrogens is 307 g/mol. The van der Waals surface area contributed by atoms with E-state index in [0.29, 0.717) is 0 Å². The molecule has 21 heavy (non-hydrogen) atoms. The zero-order valence-electron chi connectivity index (χ0n) is 11.4. The number of hydrogen-bond acceptors (Lipinski definition) is 3. The number of nitrogens with zero attached hydrogens (tertiary/aromatic N) is 1. The molecule has 1 aliphatic rings. The Morgan fingerprint density at radius 2 is 1.90 bits per heavy atom. The zero-order valence-corrected chi connectivity index (χ0v) is 12.2. The van der Waals surface area contributed by atoms with Crippen LogP contribution in [0.2, 0.25) is 0 Å². The highest BCUT2D eigenvalue weighted by molar-refractivity contribution is 7.15. The smallest absolute Gasteiger partial charge is 0.394 e. The summed E-state index contributed by atoms with van der Waals surface area (Å²) in [6.45, 7) is 2.79. The molecule has 2 heterocycles. The van der Waals surface area contributed by atoms with Crippen LogP contribution in [0.3, 0.4) is 0 Å². The molecule has 1 amide bonds. The maximum atomic E-state index is 13.0. The zero-order chi connectivity index (χ0) is 16.0. The fraction of sp³-hybridized carbons (Fsp3) is 0.538. The van der Waals surface area contributed by atoms with E-state index in [1.165, 1.54) is 30.9 Å². The van der Waals surface area contributed by atoms with Crippen molar-refractivity contribution in [3.63, 3.8) is 0 Å². The van der Waals surface area contributed by atoms with Crippen molar-refractivity contribution in [3.8, 4) is 0 Å². The lowest BCUT2D eigenvalue weighted by Crippen LogP contribution is -2.49. The van der Waals surface area contributed by atoms with Crippen LogP contribution in [0.5, 0.6) is 0 Å². The Hall–Kier alpha value is -1.57. The van der Waals surface area contributed by atoms with Crippen molar-refractivity contribution in [2.24, 2.45) is 5.92 Å². The summed E-state index contributed by atoms with van der Waals surface area (Å²) in [6, 6.07) is 2.62. The molecule has 1 fully saturated rings. The normalized spacial score (nSPS) is 21.6. The van der Waals surface area contributed by atoms with Crippen molar-refractivity contribution in [1.29, 1.82) is 0 Å². The van der Waals surface area contributed by atoms with Gasteiger partial charge in [-0.3, -0.25) is 4.79 Å². The van der Waals surface area contributed by atoms with Crippen LogP contribution in [-0.2, 0) is 0 Å². The Labute approximate surface area is 123 Å². The summed E-state index contributed by atoms with van der Waals surface area (Å²) in [6.07, 6.45) is -4.50. The topological polar surface area (TPSA) is 57.6 Å². The van der Waals surface area contributed by atoms with Gasteiger partial charge in [-0.15, -0.1) is 11.3 Å². The SMILES string of the molecule is CC1(C)C(C(F)(F)F)CCN1C(=O)c1ccc(C(=O)O)s1. The monoisotopic (exact) mass is 321 g/mol. The molecule has 1 N–H and O–H groups in total. The molecule has 1 unspecified atom stereocenters. The minimum Gasteiger partial charge on any atom is -0.477 e. The van der Waals surface area contributed by atoms with Crippen LogP contribution in [0.15, 0.2) is 12.1 Å². The van der Waals surface area contributed by atoms with Crippen molar-refractivity contribution in [2.45, 2.75) is 32.0 Å². The number of amides is 1. The van der Waals surface area contributed by atoms with Gasteiger partial charge in [0.05, 0.1) is 10.8 Å². The molecular formula is C13H14F3NO3S. The van der Waals surface area contributed by atoms with Gasteiger partial charge in [0.1, 0.15) is 4.88 Å². The largest absolute Gasteiger partial charge is 0.477 e. The minimum atomic E-state index is -4.36. The lowest BCUT2D eigenvalue weighted by molar-refractivity contribution is -0.189. The standard InChI is InChI=1S/C13H14F3NO3S/c1-12(2)9(13(14,15)16)5-6-17(12)10(18)7-3-4-8(21-7)11(19)20/h3-4,9H,5-6H2,1-2H3,(H,19,20). The first kappa shape index (κ1) is 15.8. The Morgan fingerprint density at radius 3 is 2.33 bits per heavy atom. The Balaban J connectivity index is 2.26. The molecule has 116 valence electrons. The van der Waals surface area contributed by atoms with E-state index in [1.54, 1.807) is 0 Å². The number of carboxylic acids is 1. The summed E-state index contributed by atoms with van der Waals surface area (Å²) in [5.41, 5.74) is -1.34. The summed E-state index contributed by atoms with van der Waals surface area (Å²) in [7, 11) is 0. The van der Waals surface area contributed by atoms with Crippen LogP contribution in [0.1, 0.15) is 39.6 Å². The summed E-state index contributed by atoms with van der Waals surface area (Å²) in [5, 5.41) is 8.83. The van der Waals surface area contributed by atoms with Crippen molar-refractivity contribution in [1.82, 2.24) is 4.90 Å². The predicted molar refractivity (Wildman–Crippen MR) is 70.6 cm³/mol. The summed E-state index contributed by atoms with van der Waals surface area (Å²) in [5.74, 6) is -3.29. The summed E-state index contributed by atoms with van der Waals surface area (Å²) in [4.78, 5) is 24.5. The Bertz CT molecular complexity index is 579. The number of aromatic carboxylic acids is 1. The van der Waals surface area contributed by atoms with E-state index in [1.807, 2.05) is 0 Å². The fourth-order valence-electron chi connectivity index (χ4n) is 2.72. The molecule has 1 aromatic heterocycles. The van der Waals surface area contributed by atoms with Gasteiger partial charge >= 0.3 is 12.1 Å². The molecule has 0 radical (unpaired) electrons. The fourth-order valence-corrected chi connectivity index (χ4v) is 3.51. The maximum absolute atomic E-state index is 13.0. The number of likely N-dealkylation sites (tertiary alicyclic amines) is 1. The number of alkyl halides is 3. The van der Waals surface area contributed by atoms with Gasteiger partial charge in [-0.1, -0.05) is 0 Å². The molecule has 2 rings (SSSR count). The first-order chi connectivity index (χ1) is 9.55. The highest BCUT2D eigenvalue weighted by Gasteiger charge is 2.56. The number of carboxylic acid groups (broad SMARTS) is 1. The average molecular weight is 321 g/mol. The third kappa shape index (κ3) is 2.76. The Morgan fingerprint density at radius 1 is 1.33 bits per heavy atom. The van der Waals surface area contributed by atoms with E-state index in [2.05, 4.69) is 0 Å². The number of carbonyl (C=O) groups is 2. The van der Waals surface area contributed by atoms with Crippen molar-refractivity contribution < 1.29 is 27.9 Å². The molecule has 0 bridgehead atoms. The van der Waals surface area contributed by atoms with Gasteiger partial charge in [-0.05, 0) is 32.4 Å². The van der Waals surface area contributed by atoms with E-state index in [4.69, 9.17) is 5.11 Å². The highest BCUT2D eigenvalue weighted by atomic mass is 32.1. The van der Waals surface area contributed by atoms with E-state index in [0.717, 1.165) is 11.3 Å². The summed E-state index contributed by atoms with van der Waals surface area (Å²) >= 11 is 0.773. The van der Waals surface area contributed by atoms with E-state index in [9.17, 15) is 22.8 Å². The van der Waals surface area contributed by atoms with Gasteiger partial charge in [0.25, 0.3) is 5.91 Å². The molecule has 1 aliphatic heterocycles. The number of thiophene rings is 1. The highest BCUT2D eigenvalue weighted by Crippen LogP contribution is 2.45. The van der Waals surface area contributed by atoms with Gasteiger partial charge in [0, 0.05) is 12.1 Å². The second-order valence-corrected chi connectivity index (χ2v) is 6.55. The Kier molecular flexibility index (Phi) is 3.77. The van der Waals surface area contributed by atoms with Gasteiger partial charge < -0.3 is 10.0 Å². The summed E-state index contributed by atoms with van der Waals surface area (Å²) < 4.78 is 39.0. The van der Waals surface area contributed by atoms with Gasteiger partial charge in [0.15, 0.2) is 0 Å². The van der Waals surface area contributed by atoms with E-state index in [-0.39, 0.29) is 22.7 Å². The van der Waals surface area contributed by atoms with Gasteiger partial charge in [0.2, 0.25) is 0 Å². The number of halogens is 3. The molecule has 4 nitrogen and oxygen atoms in total. The van der Waals surface area contributed by atoms with Crippen molar-refractivity contribution in [3.05, 3.63) is 21.9 Å². The van der Waals surface area contributed by atoms with Crippen LogP contribution in [0.25, 0.3) is 0 Å². The van der Waals surface area contributed by atoms with Crippen molar-refractivity contribution >= 4 is 23.2 Å². The van der Waals surface area contributed by atoms with E-state index < -0.39 is 29.5 Å². The van der Waals surface area contributed by atoms with E-state index >= 15 is 0 Å². The minimum absolute atomic E-state index is 0.0102. The second kappa shape index (κ2) is 5.01. The molecule has 0 aliphatic carbocycles. The molecule has 0 saturated carbocycles.